The summed E-state index contributed by atoms with van der Waals surface area (Å²) in [5, 5.41) is 12.3. The number of rotatable bonds is 5. The Morgan fingerprint density at radius 2 is 1.82 bits per heavy atom. The molecule has 1 aliphatic rings. The van der Waals surface area contributed by atoms with Gasteiger partial charge >= 0.3 is 5.97 Å². The molecule has 2 aromatic carbocycles. The van der Waals surface area contributed by atoms with Crippen LogP contribution in [0.4, 0.5) is 20.3 Å². The zero-order chi connectivity index (χ0) is 19.8. The highest BCUT2D eigenvalue weighted by molar-refractivity contribution is 6.33. The minimum atomic E-state index is -1.22. The van der Waals surface area contributed by atoms with Crippen LogP contribution in [0.25, 0.3) is 11.1 Å². The molecule has 0 atom stereocenters. The Labute approximate surface area is 164 Å². The highest BCUT2D eigenvalue weighted by Gasteiger charge is 2.26. The van der Waals surface area contributed by atoms with Crippen LogP contribution in [0.15, 0.2) is 48.7 Å². The molecule has 0 amide bonds. The highest BCUT2D eigenvalue weighted by atomic mass is 35.5. The van der Waals surface area contributed by atoms with Crippen molar-refractivity contribution >= 4 is 29.1 Å². The zero-order valence-electron chi connectivity index (χ0n) is 14.5. The quantitative estimate of drug-likeness (QED) is 0.551. The number of hydrogen-bond donors (Lipinski definition) is 2. The van der Waals surface area contributed by atoms with Gasteiger partial charge in [-0.3, -0.25) is 0 Å². The Kier molecular flexibility index (Phi) is 4.73. The van der Waals surface area contributed by atoms with E-state index < -0.39 is 23.3 Å². The van der Waals surface area contributed by atoms with Crippen LogP contribution < -0.4 is 5.32 Å². The van der Waals surface area contributed by atoms with Crippen molar-refractivity contribution in [1.29, 1.82) is 0 Å². The average molecular weight is 401 g/mol. The predicted molar refractivity (Wildman–Crippen MR) is 103 cm³/mol. The number of carboxylic acid groups (broad SMARTS) is 1. The summed E-state index contributed by atoms with van der Waals surface area (Å²) in [6, 6.07) is 10.5. The lowest BCUT2D eigenvalue weighted by Gasteiger charge is -2.13. The fourth-order valence-corrected chi connectivity index (χ4v) is 3.29. The molecular formula is C21H15ClF2N2O2. The van der Waals surface area contributed by atoms with Crippen LogP contribution in [0.3, 0.4) is 0 Å². The van der Waals surface area contributed by atoms with E-state index in [-0.39, 0.29) is 16.9 Å². The lowest BCUT2D eigenvalue weighted by molar-refractivity contribution is 0.0697. The van der Waals surface area contributed by atoms with Crippen LogP contribution in [0.1, 0.15) is 34.7 Å². The van der Waals surface area contributed by atoms with Crippen molar-refractivity contribution in [3.05, 3.63) is 76.4 Å². The first-order valence-electron chi connectivity index (χ1n) is 8.68. The smallest absolute Gasteiger partial charge is 0.339 e. The molecule has 0 radical (unpaired) electrons. The molecule has 1 saturated carbocycles. The molecule has 2 N–H and O–H groups in total. The minimum Gasteiger partial charge on any atom is -0.478 e. The van der Waals surface area contributed by atoms with E-state index in [0.29, 0.717) is 16.5 Å². The minimum absolute atomic E-state index is 0.111. The zero-order valence-corrected chi connectivity index (χ0v) is 15.3. The SMILES string of the molecule is O=C(O)c1cc(C2CC2)cnc1Nc1c(F)cc(-c2ccccc2Cl)cc1F. The highest BCUT2D eigenvalue weighted by Crippen LogP contribution is 2.41. The van der Waals surface area contributed by atoms with E-state index in [4.69, 9.17) is 11.6 Å². The van der Waals surface area contributed by atoms with Crippen LogP contribution in [0, 0.1) is 11.6 Å². The summed E-state index contributed by atoms with van der Waals surface area (Å²) in [5.41, 5.74) is 0.995. The molecule has 0 saturated heterocycles. The number of nitrogens with zero attached hydrogens (tertiary/aromatic N) is 1. The van der Waals surface area contributed by atoms with Crippen molar-refractivity contribution in [2.75, 3.05) is 5.32 Å². The maximum absolute atomic E-state index is 14.6. The van der Waals surface area contributed by atoms with Gasteiger partial charge < -0.3 is 10.4 Å². The summed E-state index contributed by atoms with van der Waals surface area (Å²) >= 11 is 6.10. The number of anilines is 2. The van der Waals surface area contributed by atoms with Crippen LogP contribution in [-0.4, -0.2) is 16.1 Å². The molecule has 7 heteroatoms. The van der Waals surface area contributed by atoms with Gasteiger partial charge in [-0.25, -0.2) is 18.6 Å². The number of hydrogen-bond acceptors (Lipinski definition) is 3. The number of benzene rings is 2. The summed E-state index contributed by atoms with van der Waals surface area (Å²) in [6.45, 7) is 0. The molecule has 4 nitrogen and oxygen atoms in total. The van der Waals surface area contributed by atoms with E-state index >= 15 is 0 Å². The van der Waals surface area contributed by atoms with Gasteiger partial charge in [0.15, 0.2) is 0 Å². The standard InChI is InChI=1S/C21H15ClF2N2O2/c22-16-4-2-1-3-14(16)12-8-17(23)19(18(24)9-12)26-20-15(21(27)28)7-13(10-25-20)11-5-6-11/h1-4,7-11H,5-6H2,(H,25,26)(H,27,28). The molecule has 142 valence electrons. The van der Waals surface area contributed by atoms with E-state index in [9.17, 15) is 18.7 Å². The summed E-state index contributed by atoms with van der Waals surface area (Å²) in [5.74, 6) is -2.77. The Morgan fingerprint density at radius 1 is 1.14 bits per heavy atom. The van der Waals surface area contributed by atoms with Crippen molar-refractivity contribution in [3.8, 4) is 11.1 Å². The first kappa shape index (κ1) is 18.4. The molecule has 28 heavy (non-hydrogen) atoms. The van der Waals surface area contributed by atoms with Crippen molar-refractivity contribution in [2.24, 2.45) is 0 Å². The number of aromatic carboxylic acids is 1. The number of aromatic nitrogens is 1. The van der Waals surface area contributed by atoms with Crippen LogP contribution >= 0.6 is 11.6 Å². The lowest BCUT2D eigenvalue weighted by Crippen LogP contribution is -2.08. The first-order chi connectivity index (χ1) is 13.4. The molecular weight excluding hydrogens is 386 g/mol. The van der Waals surface area contributed by atoms with Gasteiger partial charge in [0.05, 0.1) is 0 Å². The molecule has 3 aromatic rings. The van der Waals surface area contributed by atoms with Crippen LogP contribution in [-0.2, 0) is 0 Å². The van der Waals surface area contributed by atoms with E-state index in [1.807, 2.05) is 0 Å². The third-order valence-corrected chi connectivity index (χ3v) is 4.99. The van der Waals surface area contributed by atoms with Crippen LogP contribution in [0.5, 0.6) is 0 Å². The monoisotopic (exact) mass is 400 g/mol. The second kappa shape index (κ2) is 7.20. The van der Waals surface area contributed by atoms with Gasteiger partial charge in [-0.2, -0.15) is 0 Å². The Hall–Kier alpha value is -2.99. The van der Waals surface area contributed by atoms with E-state index in [0.717, 1.165) is 30.5 Å². The van der Waals surface area contributed by atoms with E-state index in [2.05, 4.69) is 10.3 Å². The topological polar surface area (TPSA) is 62.2 Å². The third kappa shape index (κ3) is 3.55. The lowest BCUT2D eigenvalue weighted by atomic mass is 10.0. The first-order valence-corrected chi connectivity index (χ1v) is 9.06. The van der Waals surface area contributed by atoms with Crippen molar-refractivity contribution in [1.82, 2.24) is 4.98 Å². The molecule has 4 rings (SSSR count). The number of carboxylic acids is 1. The predicted octanol–water partition coefficient (Wildman–Crippen LogP) is 6.00. The molecule has 1 fully saturated rings. The fourth-order valence-electron chi connectivity index (χ4n) is 3.05. The fraction of sp³-hybridized carbons (Fsp3) is 0.143. The maximum Gasteiger partial charge on any atom is 0.339 e. The van der Waals surface area contributed by atoms with E-state index in [1.54, 1.807) is 30.5 Å². The van der Waals surface area contributed by atoms with Crippen molar-refractivity contribution in [3.63, 3.8) is 0 Å². The van der Waals surface area contributed by atoms with E-state index in [1.165, 1.54) is 6.07 Å². The molecule has 1 heterocycles. The number of nitrogens with one attached hydrogen (secondary N) is 1. The van der Waals surface area contributed by atoms with Gasteiger partial charge in [-0.15, -0.1) is 0 Å². The van der Waals surface area contributed by atoms with Crippen molar-refractivity contribution < 1.29 is 18.7 Å². The largest absolute Gasteiger partial charge is 0.478 e. The van der Waals surface area contributed by atoms with Gasteiger partial charge in [-0.05, 0) is 54.2 Å². The molecule has 0 spiro atoms. The Bertz CT molecular complexity index is 1060. The summed E-state index contributed by atoms with van der Waals surface area (Å²) in [7, 11) is 0. The number of carbonyl (C=O) groups is 1. The third-order valence-electron chi connectivity index (χ3n) is 4.66. The summed E-state index contributed by atoms with van der Waals surface area (Å²) in [6.07, 6.45) is 3.51. The van der Waals surface area contributed by atoms with Gasteiger partial charge in [0.2, 0.25) is 0 Å². The van der Waals surface area contributed by atoms with Gasteiger partial charge in [-0.1, -0.05) is 29.8 Å². The summed E-state index contributed by atoms with van der Waals surface area (Å²) < 4.78 is 29.3. The molecule has 0 bridgehead atoms. The molecule has 0 unspecified atom stereocenters. The molecule has 1 aromatic heterocycles. The molecule has 1 aliphatic carbocycles. The Balaban J connectivity index is 1.71. The number of pyridine rings is 1. The maximum atomic E-state index is 14.6. The van der Waals surface area contributed by atoms with Crippen molar-refractivity contribution in [2.45, 2.75) is 18.8 Å². The number of halogens is 3. The summed E-state index contributed by atoms with van der Waals surface area (Å²) in [4.78, 5) is 15.7. The van der Waals surface area contributed by atoms with Gasteiger partial charge in [0.1, 0.15) is 28.7 Å². The van der Waals surface area contributed by atoms with Gasteiger partial charge in [0.25, 0.3) is 0 Å². The Morgan fingerprint density at radius 3 is 2.43 bits per heavy atom. The normalized spacial score (nSPS) is 13.4. The average Bonchev–Trinajstić information content (AvgIpc) is 3.50. The molecule has 0 aliphatic heterocycles. The second-order valence-corrected chi connectivity index (χ2v) is 7.07. The van der Waals surface area contributed by atoms with Gasteiger partial charge in [0, 0.05) is 16.8 Å². The van der Waals surface area contributed by atoms with Crippen LogP contribution in [0.2, 0.25) is 5.02 Å². The second-order valence-electron chi connectivity index (χ2n) is 6.66.